The van der Waals surface area contributed by atoms with Crippen LogP contribution in [0.5, 0.6) is 0 Å². The number of aryl methyl sites for hydroxylation is 1. The van der Waals surface area contributed by atoms with E-state index in [1.165, 1.54) is 18.4 Å². The van der Waals surface area contributed by atoms with Crippen molar-refractivity contribution in [1.29, 1.82) is 0 Å². The Kier molecular flexibility index (Phi) is 8.30. The van der Waals surface area contributed by atoms with Crippen LogP contribution in [0.2, 0.25) is 13.1 Å². The molecule has 0 bridgehead atoms. The van der Waals surface area contributed by atoms with Crippen molar-refractivity contribution in [2.24, 2.45) is 0 Å². The first kappa shape index (κ1) is 19.7. The van der Waals surface area contributed by atoms with Crippen LogP contribution in [-0.2, 0) is 10.9 Å². The van der Waals surface area contributed by atoms with Crippen LogP contribution in [0.25, 0.3) is 0 Å². The molecule has 2 rings (SSSR count). The fourth-order valence-electron chi connectivity index (χ4n) is 2.30. The van der Waals surface area contributed by atoms with Crippen molar-refractivity contribution < 1.29 is 9.26 Å². The quantitative estimate of drug-likeness (QED) is 0.801. The van der Waals surface area contributed by atoms with Crippen LogP contribution in [-0.4, -0.2) is 20.8 Å². The maximum absolute atomic E-state index is 11.5. The van der Waals surface area contributed by atoms with Crippen LogP contribution >= 0.6 is 0 Å². The minimum atomic E-state index is -2.58. The highest BCUT2D eigenvalue weighted by Crippen LogP contribution is 2.24. The topological polar surface area (TPSA) is 37.3 Å². The molecule has 0 radical (unpaired) electrons. The van der Waals surface area contributed by atoms with E-state index >= 15 is 0 Å². The summed E-state index contributed by atoms with van der Waals surface area (Å²) in [6.07, 6.45) is 2.45. The minimum Gasteiger partial charge on any atom is -0.428 e. The molecule has 0 aromatic heterocycles. The summed E-state index contributed by atoms with van der Waals surface area (Å²) in [5.74, 6) is 0. The van der Waals surface area contributed by atoms with Gasteiger partial charge < -0.3 is 9.26 Å². The smallest absolute Gasteiger partial charge is 0.286 e. The molecule has 23 heavy (non-hydrogen) atoms. The zero-order chi connectivity index (χ0) is 17.3. The van der Waals surface area contributed by atoms with Crippen LogP contribution in [0.1, 0.15) is 36.9 Å². The third kappa shape index (κ3) is 6.33. The second kappa shape index (κ2) is 9.70. The first-order chi connectivity index (χ1) is 10.9. The molecule has 0 aliphatic heterocycles. The van der Waals surface area contributed by atoms with Crippen LogP contribution in [0.4, 0.5) is 0 Å². The Morgan fingerprint density at radius 3 is 1.96 bits per heavy atom. The lowest BCUT2D eigenvalue weighted by Crippen LogP contribution is -2.46. The van der Waals surface area contributed by atoms with Gasteiger partial charge >= 0.3 is 0 Å². The van der Waals surface area contributed by atoms with E-state index in [0.717, 1.165) is 5.56 Å². The summed E-state index contributed by atoms with van der Waals surface area (Å²) in [7, 11) is -4.39. The van der Waals surface area contributed by atoms with Crippen LogP contribution in [0.15, 0.2) is 60.7 Å². The Balaban J connectivity index is 0.000000253. The average molecular weight is 345 g/mol. The molecule has 2 aromatic carbocycles. The standard InChI is InChI=1S/C10H16O2Si2.C9H12/c1-9(14(3,12)13(2)11)10-7-5-4-6-8-10;1-2-6-9-7-4-3-5-8-9/h4-9,12H,1-3H3;3-5,7-8H,2,6H2,1H3. The summed E-state index contributed by atoms with van der Waals surface area (Å²) in [6, 6.07) is 20.4. The van der Waals surface area contributed by atoms with E-state index in [1.807, 2.05) is 37.3 Å². The van der Waals surface area contributed by atoms with Crippen molar-refractivity contribution in [3.8, 4) is 0 Å². The largest absolute Gasteiger partial charge is 0.428 e. The second-order valence-electron chi connectivity index (χ2n) is 6.07. The van der Waals surface area contributed by atoms with Gasteiger partial charge in [0, 0.05) is 5.54 Å². The number of hydrogen-bond donors (Lipinski definition) is 1. The van der Waals surface area contributed by atoms with Gasteiger partial charge in [-0.2, -0.15) is 0 Å². The lowest BCUT2D eigenvalue weighted by Gasteiger charge is -2.24. The molecule has 0 aliphatic carbocycles. The van der Waals surface area contributed by atoms with Crippen molar-refractivity contribution in [2.45, 2.75) is 45.3 Å². The van der Waals surface area contributed by atoms with E-state index in [9.17, 15) is 9.26 Å². The molecule has 0 fully saturated rings. The van der Waals surface area contributed by atoms with Crippen LogP contribution in [0.3, 0.4) is 0 Å². The van der Waals surface area contributed by atoms with Gasteiger partial charge in [-0.3, -0.25) is 0 Å². The Hall–Kier alpha value is -1.37. The maximum Gasteiger partial charge on any atom is 0.286 e. The van der Waals surface area contributed by atoms with E-state index in [4.69, 9.17) is 0 Å². The van der Waals surface area contributed by atoms with Crippen molar-refractivity contribution in [3.05, 3.63) is 71.8 Å². The molecular weight excluding hydrogens is 316 g/mol. The molecule has 124 valence electrons. The third-order valence-corrected chi connectivity index (χ3v) is 13.3. The Morgan fingerprint density at radius 2 is 1.52 bits per heavy atom. The van der Waals surface area contributed by atoms with Crippen molar-refractivity contribution in [3.63, 3.8) is 0 Å². The number of hydrogen-bond acceptors (Lipinski definition) is 2. The molecule has 4 heteroatoms. The monoisotopic (exact) mass is 344 g/mol. The summed E-state index contributed by atoms with van der Waals surface area (Å²) in [6.45, 7) is 7.61. The predicted octanol–water partition coefficient (Wildman–Crippen LogP) is 4.67. The lowest BCUT2D eigenvalue weighted by molar-refractivity contribution is 0.522. The van der Waals surface area contributed by atoms with E-state index in [-0.39, 0.29) is 5.54 Å². The van der Waals surface area contributed by atoms with Crippen molar-refractivity contribution in [2.75, 3.05) is 0 Å². The Bertz CT molecular complexity index is 583. The molecule has 0 spiro atoms. The van der Waals surface area contributed by atoms with E-state index in [0.29, 0.717) is 0 Å². The predicted molar refractivity (Wildman–Crippen MR) is 101 cm³/mol. The summed E-state index contributed by atoms with van der Waals surface area (Å²) in [4.78, 5) is 10.2. The van der Waals surface area contributed by atoms with Gasteiger partial charge in [-0.25, -0.2) is 0 Å². The SMILES string of the molecule is CC(c1ccccc1)[Si](C)(O)[Si](C)=O.CCCc1ccccc1. The summed E-state index contributed by atoms with van der Waals surface area (Å²) in [5.41, 5.74) is 2.57. The van der Waals surface area contributed by atoms with E-state index in [2.05, 4.69) is 37.3 Å². The zero-order valence-corrected chi connectivity index (χ0v) is 16.6. The van der Waals surface area contributed by atoms with Gasteiger partial charge in [-0.15, -0.1) is 0 Å². The Labute approximate surface area is 142 Å². The zero-order valence-electron chi connectivity index (χ0n) is 14.6. The first-order valence-electron chi connectivity index (χ1n) is 8.21. The van der Waals surface area contributed by atoms with Gasteiger partial charge in [0.25, 0.3) is 8.20 Å². The lowest BCUT2D eigenvalue weighted by atomic mass is 10.1. The van der Waals surface area contributed by atoms with E-state index in [1.54, 1.807) is 13.1 Å². The molecule has 0 saturated heterocycles. The van der Waals surface area contributed by atoms with Gasteiger partial charge in [0.1, 0.15) is 0 Å². The van der Waals surface area contributed by atoms with E-state index < -0.39 is 16.0 Å². The van der Waals surface area contributed by atoms with Crippen molar-refractivity contribution >= 4 is 16.0 Å². The van der Waals surface area contributed by atoms with Crippen LogP contribution < -0.4 is 0 Å². The molecule has 2 unspecified atom stereocenters. The van der Waals surface area contributed by atoms with Gasteiger partial charge in [0.2, 0.25) is 7.83 Å². The highest BCUT2D eigenvalue weighted by molar-refractivity contribution is 7.23. The number of benzene rings is 2. The normalized spacial score (nSPS) is 14.1. The molecule has 0 aliphatic rings. The average Bonchev–Trinajstić information content (AvgIpc) is 2.56. The van der Waals surface area contributed by atoms with Crippen LogP contribution in [0, 0.1) is 0 Å². The molecule has 1 N–H and O–H groups in total. The second-order valence-corrected chi connectivity index (χ2v) is 15.5. The molecule has 2 atom stereocenters. The van der Waals surface area contributed by atoms with Crippen molar-refractivity contribution in [1.82, 2.24) is 0 Å². The maximum atomic E-state index is 11.5. The summed E-state index contributed by atoms with van der Waals surface area (Å²) in [5, 5.41) is 0. The Morgan fingerprint density at radius 1 is 1.04 bits per heavy atom. The van der Waals surface area contributed by atoms with Gasteiger partial charge in [0.05, 0.1) is 0 Å². The molecular formula is C19H28O2Si2. The molecule has 0 heterocycles. The third-order valence-electron chi connectivity index (χ3n) is 4.24. The minimum absolute atomic E-state index is 0.0417. The fourth-order valence-corrected chi connectivity index (χ4v) is 6.09. The first-order valence-corrected chi connectivity index (χ1v) is 13.6. The number of rotatable bonds is 5. The summed E-state index contributed by atoms with van der Waals surface area (Å²) >= 11 is 0. The molecule has 2 aromatic rings. The molecule has 0 amide bonds. The molecule has 0 saturated carbocycles. The van der Waals surface area contributed by atoms with Gasteiger partial charge in [-0.05, 0) is 30.6 Å². The molecule has 2 nitrogen and oxygen atoms in total. The van der Waals surface area contributed by atoms with Gasteiger partial charge in [-0.1, -0.05) is 80.9 Å². The highest BCUT2D eigenvalue weighted by Gasteiger charge is 2.39. The summed E-state index contributed by atoms with van der Waals surface area (Å²) < 4.78 is 11.5. The fraction of sp³-hybridized carbons (Fsp3) is 0.368. The highest BCUT2D eigenvalue weighted by atomic mass is 29.2. The van der Waals surface area contributed by atoms with Gasteiger partial charge in [0.15, 0.2) is 0 Å².